The number of ketones is 2. The molecule has 1 aliphatic rings. The minimum atomic E-state index is -1.05. The zero-order valence-corrected chi connectivity index (χ0v) is 14.7. The lowest BCUT2D eigenvalue weighted by Gasteiger charge is -2.32. The van der Waals surface area contributed by atoms with Crippen molar-refractivity contribution in [2.75, 3.05) is 0 Å². The van der Waals surface area contributed by atoms with E-state index in [0.717, 1.165) is 0 Å². The molecule has 1 saturated carbocycles. The van der Waals surface area contributed by atoms with Crippen molar-refractivity contribution in [3.63, 3.8) is 0 Å². The highest BCUT2D eigenvalue weighted by Gasteiger charge is 2.43. The van der Waals surface area contributed by atoms with Crippen LogP contribution in [0.1, 0.15) is 38.2 Å². The zero-order valence-electron chi connectivity index (χ0n) is 11.5. The van der Waals surface area contributed by atoms with Crippen molar-refractivity contribution in [3.8, 4) is 0 Å². The first-order valence-electron chi connectivity index (χ1n) is 6.31. The number of rotatable bonds is 2. The fraction of sp³-hybridized carbons (Fsp3) is 0.429. The van der Waals surface area contributed by atoms with E-state index >= 15 is 0 Å². The van der Waals surface area contributed by atoms with Gasteiger partial charge in [-0.1, -0.05) is 45.7 Å². The van der Waals surface area contributed by atoms with Gasteiger partial charge in [-0.05, 0) is 11.5 Å². The van der Waals surface area contributed by atoms with Gasteiger partial charge in [0, 0.05) is 27.9 Å². The number of carbonyl (C=O) groups excluding carboxylic acids is 2. The Bertz CT molecular complexity index is 635. The molecule has 0 amide bonds. The van der Waals surface area contributed by atoms with Crippen LogP contribution in [-0.2, 0) is 9.59 Å². The first-order chi connectivity index (χ1) is 9.62. The summed E-state index contributed by atoms with van der Waals surface area (Å²) >= 11 is 6.43. The number of nitro benzene ring substituents is 1. The van der Waals surface area contributed by atoms with E-state index in [1.54, 1.807) is 6.07 Å². The van der Waals surface area contributed by atoms with Gasteiger partial charge in [-0.3, -0.25) is 19.7 Å². The average Bonchev–Trinajstić information content (AvgIpc) is 2.28. The van der Waals surface area contributed by atoms with Gasteiger partial charge in [0.05, 0.1) is 10.5 Å². The molecule has 0 radical (unpaired) electrons. The van der Waals surface area contributed by atoms with Crippen molar-refractivity contribution < 1.29 is 14.5 Å². The van der Waals surface area contributed by atoms with Gasteiger partial charge in [0.15, 0.2) is 0 Å². The Morgan fingerprint density at radius 3 is 2.19 bits per heavy atom. The van der Waals surface area contributed by atoms with Crippen molar-refractivity contribution in [2.24, 2.45) is 5.41 Å². The third-order valence-corrected chi connectivity index (χ3v) is 4.62. The first kappa shape index (κ1) is 16.3. The van der Waals surface area contributed by atoms with Crippen LogP contribution in [0, 0.1) is 15.5 Å². The zero-order chi connectivity index (χ0) is 15.9. The lowest BCUT2D eigenvalue weighted by atomic mass is 9.69. The highest BCUT2D eigenvalue weighted by molar-refractivity contribution is 9.11. The van der Waals surface area contributed by atoms with E-state index in [-0.39, 0.29) is 41.1 Å². The first-order valence-corrected chi connectivity index (χ1v) is 7.90. The van der Waals surface area contributed by atoms with Gasteiger partial charge in [0.25, 0.3) is 5.69 Å². The lowest BCUT2D eigenvalue weighted by molar-refractivity contribution is -0.385. The van der Waals surface area contributed by atoms with Crippen molar-refractivity contribution in [3.05, 3.63) is 36.8 Å². The summed E-state index contributed by atoms with van der Waals surface area (Å²) in [4.78, 5) is 35.4. The predicted molar refractivity (Wildman–Crippen MR) is 84.3 cm³/mol. The smallest absolute Gasteiger partial charge is 0.276 e. The van der Waals surface area contributed by atoms with Gasteiger partial charge in [-0.25, -0.2) is 0 Å². The molecular weight excluding hydrogens is 406 g/mol. The number of halogens is 2. The van der Waals surface area contributed by atoms with E-state index in [1.807, 2.05) is 13.8 Å². The molecule has 1 aromatic rings. The third-order valence-electron chi connectivity index (χ3n) is 3.51. The van der Waals surface area contributed by atoms with Crippen molar-refractivity contribution in [2.45, 2.75) is 32.6 Å². The summed E-state index contributed by atoms with van der Waals surface area (Å²) in [5.41, 5.74) is -0.447. The maximum Gasteiger partial charge on any atom is 0.276 e. The van der Waals surface area contributed by atoms with Crippen molar-refractivity contribution in [1.82, 2.24) is 0 Å². The van der Waals surface area contributed by atoms with Crippen LogP contribution in [0.4, 0.5) is 5.69 Å². The van der Waals surface area contributed by atoms with Crippen LogP contribution in [0.15, 0.2) is 21.1 Å². The van der Waals surface area contributed by atoms with Gasteiger partial charge in [-0.15, -0.1) is 0 Å². The summed E-state index contributed by atoms with van der Waals surface area (Å²) in [5.74, 6) is -1.58. The second kappa shape index (κ2) is 5.61. The minimum Gasteiger partial charge on any atom is -0.298 e. The topological polar surface area (TPSA) is 77.3 Å². The second-order valence-electron chi connectivity index (χ2n) is 5.96. The molecule has 1 aromatic carbocycles. The fourth-order valence-electron chi connectivity index (χ4n) is 2.72. The number of hydrogen-bond donors (Lipinski definition) is 0. The summed E-state index contributed by atoms with van der Waals surface area (Å²) in [6.07, 6.45) is 0.478. The maximum atomic E-state index is 12.4. The molecule has 7 heteroatoms. The number of nitro groups is 1. The Morgan fingerprint density at radius 2 is 1.71 bits per heavy atom. The Kier molecular flexibility index (Phi) is 4.35. The molecule has 0 unspecified atom stereocenters. The van der Waals surface area contributed by atoms with Gasteiger partial charge in [-0.2, -0.15) is 0 Å². The Labute approximate surface area is 138 Å². The summed E-state index contributed by atoms with van der Waals surface area (Å²) in [6.45, 7) is 3.70. The molecule has 5 nitrogen and oxygen atoms in total. The number of carbonyl (C=O) groups is 2. The van der Waals surface area contributed by atoms with Crippen LogP contribution in [0.25, 0.3) is 0 Å². The molecule has 0 heterocycles. The van der Waals surface area contributed by atoms with Crippen LogP contribution in [0.2, 0.25) is 0 Å². The molecular formula is C14H13Br2NO4. The van der Waals surface area contributed by atoms with Crippen LogP contribution >= 0.6 is 31.9 Å². The normalized spacial score (nSPS) is 18.9. The quantitative estimate of drug-likeness (QED) is 0.410. The van der Waals surface area contributed by atoms with E-state index in [0.29, 0.717) is 8.95 Å². The second-order valence-corrected chi connectivity index (χ2v) is 7.73. The number of benzene rings is 1. The summed E-state index contributed by atoms with van der Waals surface area (Å²) < 4.78 is 0.913. The summed E-state index contributed by atoms with van der Waals surface area (Å²) in [6, 6.07) is 2.93. The number of hydrogen-bond acceptors (Lipinski definition) is 4. The molecule has 2 rings (SSSR count). The predicted octanol–water partition coefficient (Wildman–Crippen LogP) is 4.16. The van der Waals surface area contributed by atoms with E-state index in [9.17, 15) is 19.7 Å². The SMILES string of the molecule is CC1(C)CC(=O)C(c2c(Br)cc(Br)cc2[N+](=O)[O-])C(=O)C1. The standard InChI is InChI=1S/C14H13Br2NO4/c1-14(2)5-10(18)13(11(19)6-14)12-8(16)3-7(15)4-9(12)17(20)21/h3-4,13H,5-6H2,1-2H3. The average molecular weight is 419 g/mol. The highest BCUT2D eigenvalue weighted by Crippen LogP contribution is 2.44. The van der Waals surface area contributed by atoms with Crippen molar-refractivity contribution in [1.29, 1.82) is 0 Å². The fourth-order valence-corrected chi connectivity index (χ4v) is 4.15. The number of Topliss-reactive ketones (excluding diaryl/α,β-unsaturated/α-hetero) is 2. The molecule has 0 aromatic heterocycles. The molecule has 112 valence electrons. The van der Waals surface area contributed by atoms with E-state index in [2.05, 4.69) is 31.9 Å². The van der Waals surface area contributed by atoms with Crippen LogP contribution in [-0.4, -0.2) is 16.5 Å². The molecule has 0 spiro atoms. The van der Waals surface area contributed by atoms with Crippen LogP contribution in [0.3, 0.4) is 0 Å². The Morgan fingerprint density at radius 1 is 1.19 bits per heavy atom. The molecule has 0 bridgehead atoms. The largest absolute Gasteiger partial charge is 0.298 e. The van der Waals surface area contributed by atoms with Gasteiger partial charge < -0.3 is 0 Å². The maximum absolute atomic E-state index is 12.4. The van der Waals surface area contributed by atoms with Gasteiger partial charge in [0.2, 0.25) is 0 Å². The molecule has 1 aliphatic carbocycles. The van der Waals surface area contributed by atoms with E-state index in [4.69, 9.17) is 0 Å². The lowest BCUT2D eigenvalue weighted by Crippen LogP contribution is -2.36. The third kappa shape index (κ3) is 3.23. The van der Waals surface area contributed by atoms with Gasteiger partial charge in [0.1, 0.15) is 17.5 Å². The van der Waals surface area contributed by atoms with Crippen LogP contribution < -0.4 is 0 Å². The molecule has 0 atom stereocenters. The molecule has 0 saturated heterocycles. The highest BCUT2D eigenvalue weighted by atomic mass is 79.9. The molecule has 1 fully saturated rings. The summed E-state index contributed by atoms with van der Waals surface area (Å²) in [7, 11) is 0. The van der Waals surface area contributed by atoms with Crippen molar-refractivity contribution >= 4 is 49.1 Å². The number of nitrogens with zero attached hydrogens (tertiary/aromatic N) is 1. The van der Waals surface area contributed by atoms with Gasteiger partial charge >= 0.3 is 0 Å². The molecule has 0 aliphatic heterocycles. The monoisotopic (exact) mass is 417 g/mol. The molecule has 21 heavy (non-hydrogen) atoms. The molecule has 0 N–H and O–H groups in total. The van der Waals surface area contributed by atoms with E-state index < -0.39 is 10.8 Å². The van der Waals surface area contributed by atoms with E-state index in [1.165, 1.54) is 6.07 Å². The summed E-state index contributed by atoms with van der Waals surface area (Å²) in [5, 5.41) is 11.3. The Hall–Kier alpha value is -1.08. The Balaban J connectivity index is 2.59. The van der Waals surface area contributed by atoms with Crippen LogP contribution in [0.5, 0.6) is 0 Å². The minimum absolute atomic E-state index is 0.161.